The van der Waals surface area contributed by atoms with Gasteiger partial charge in [0.15, 0.2) is 0 Å². The van der Waals surface area contributed by atoms with Crippen LogP contribution in [0.3, 0.4) is 0 Å². The maximum Gasteiger partial charge on any atom is 0.246 e. The molecular formula is C14H13FN2O3. The Bertz CT molecular complexity index is 604. The summed E-state index contributed by atoms with van der Waals surface area (Å²) >= 11 is 0. The Morgan fingerprint density at radius 2 is 2.35 bits per heavy atom. The Morgan fingerprint density at radius 3 is 3.00 bits per heavy atom. The summed E-state index contributed by atoms with van der Waals surface area (Å²) in [6, 6.07) is 3.19. The fraction of sp³-hybridized carbons (Fsp3) is 0.286. The van der Waals surface area contributed by atoms with E-state index in [-0.39, 0.29) is 24.0 Å². The average Bonchev–Trinajstić information content (AvgIpc) is 2.85. The molecule has 2 amide bonds. The van der Waals surface area contributed by atoms with E-state index in [0.29, 0.717) is 18.5 Å². The molecule has 1 aliphatic heterocycles. The quantitative estimate of drug-likeness (QED) is 0.684. The molecule has 5 nitrogen and oxygen atoms in total. The van der Waals surface area contributed by atoms with Gasteiger partial charge in [0.25, 0.3) is 0 Å². The summed E-state index contributed by atoms with van der Waals surface area (Å²) < 4.78 is 13.2. The summed E-state index contributed by atoms with van der Waals surface area (Å²) in [5, 5.41) is 13.8. The van der Waals surface area contributed by atoms with Gasteiger partial charge in [-0.05, 0) is 24.6 Å². The first-order chi connectivity index (χ1) is 9.60. The van der Waals surface area contributed by atoms with Gasteiger partial charge in [-0.1, -0.05) is 11.8 Å². The van der Waals surface area contributed by atoms with Crippen LogP contribution in [0.1, 0.15) is 18.4 Å². The summed E-state index contributed by atoms with van der Waals surface area (Å²) in [4.78, 5) is 23.0. The number of benzene rings is 1. The molecular weight excluding hydrogens is 263 g/mol. The Kier molecular flexibility index (Phi) is 4.33. The van der Waals surface area contributed by atoms with E-state index in [1.807, 2.05) is 0 Å². The van der Waals surface area contributed by atoms with Crippen molar-refractivity contribution in [1.82, 2.24) is 5.32 Å². The molecule has 0 spiro atoms. The normalized spacial score (nSPS) is 17.1. The van der Waals surface area contributed by atoms with Gasteiger partial charge in [0, 0.05) is 6.42 Å². The van der Waals surface area contributed by atoms with E-state index in [0.717, 1.165) is 0 Å². The molecule has 0 bridgehead atoms. The SMILES string of the molecule is O=C1CCC(C(=O)Nc2ccc(F)cc2C#CCO)N1. The van der Waals surface area contributed by atoms with Crippen molar-refractivity contribution in [1.29, 1.82) is 0 Å². The second-order valence-electron chi connectivity index (χ2n) is 4.30. The van der Waals surface area contributed by atoms with Crippen LogP contribution in [0, 0.1) is 17.7 Å². The predicted octanol–water partition coefficient (Wildman–Crippen LogP) is 0.387. The fourth-order valence-electron chi connectivity index (χ4n) is 1.89. The highest BCUT2D eigenvalue weighted by Gasteiger charge is 2.27. The Hall–Kier alpha value is -2.39. The smallest absolute Gasteiger partial charge is 0.246 e. The number of carbonyl (C=O) groups is 2. The molecule has 1 atom stereocenters. The standard InChI is InChI=1S/C14H13FN2O3/c15-10-3-4-11(9(8-10)2-1-7-18)17-14(20)12-5-6-13(19)16-12/h3-4,8,12,18H,5-7H2,(H,16,19)(H,17,20). The number of halogens is 1. The number of rotatable bonds is 2. The first-order valence-corrected chi connectivity index (χ1v) is 6.09. The van der Waals surface area contributed by atoms with Crippen LogP contribution >= 0.6 is 0 Å². The third-order valence-corrected chi connectivity index (χ3v) is 2.85. The van der Waals surface area contributed by atoms with Crippen molar-refractivity contribution in [3.05, 3.63) is 29.6 Å². The Morgan fingerprint density at radius 1 is 1.55 bits per heavy atom. The molecule has 1 fully saturated rings. The molecule has 1 aromatic carbocycles. The van der Waals surface area contributed by atoms with Crippen LogP contribution in [0.15, 0.2) is 18.2 Å². The van der Waals surface area contributed by atoms with Gasteiger partial charge < -0.3 is 15.7 Å². The molecule has 1 unspecified atom stereocenters. The van der Waals surface area contributed by atoms with E-state index in [2.05, 4.69) is 22.5 Å². The number of aliphatic hydroxyl groups excluding tert-OH is 1. The topological polar surface area (TPSA) is 78.4 Å². The molecule has 1 heterocycles. The minimum Gasteiger partial charge on any atom is -0.384 e. The number of nitrogens with one attached hydrogen (secondary N) is 2. The largest absolute Gasteiger partial charge is 0.384 e. The van der Waals surface area contributed by atoms with Crippen LogP contribution in [0.5, 0.6) is 0 Å². The van der Waals surface area contributed by atoms with Crippen molar-refractivity contribution >= 4 is 17.5 Å². The summed E-state index contributed by atoms with van der Waals surface area (Å²) in [6.45, 7) is -0.359. The number of hydrogen-bond donors (Lipinski definition) is 3. The molecule has 1 aliphatic rings. The van der Waals surface area contributed by atoms with E-state index in [1.54, 1.807) is 0 Å². The van der Waals surface area contributed by atoms with Crippen molar-refractivity contribution in [2.45, 2.75) is 18.9 Å². The minimum atomic E-state index is -0.578. The molecule has 104 valence electrons. The van der Waals surface area contributed by atoms with Crippen molar-refractivity contribution in [3.8, 4) is 11.8 Å². The van der Waals surface area contributed by atoms with E-state index in [9.17, 15) is 14.0 Å². The van der Waals surface area contributed by atoms with E-state index >= 15 is 0 Å². The highest BCUT2D eigenvalue weighted by molar-refractivity contribution is 5.99. The third-order valence-electron chi connectivity index (χ3n) is 2.85. The van der Waals surface area contributed by atoms with Crippen LogP contribution in [0.4, 0.5) is 10.1 Å². The first-order valence-electron chi connectivity index (χ1n) is 6.09. The van der Waals surface area contributed by atoms with Gasteiger partial charge in [0.05, 0.1) is 11.3 Å². The van der Waals surface area contributed by atoms with Crippen LogP contribution in [0.25, 0.3) is 0 Å². The van der Waals surface area contributed by atoms with E-state index < -0.39 is 11.9 Å². The number of hydrogen-bond acceptors (Lipinski definition) is 3. The van der Waals surface area contributed by atoms with Crippen LogP contribution in [0.2, 0.25) is 0 Å². The van der Waals surface area contributed by atoms with E-state index in [4.69, 9.17) is 5.11 Å². The molecule has 3 N–H and O–H groups in total. The van der Waals surface area contributed by atoms with Gasteiger partial charge in [-0.25, -0.2) is 4.39 Å². The molecule has 0 saturated carbocycles. The number of amides is 2. The highest BCUT2D eigenvalue weighted by Crippen LogP contribution is 2.17. The maximum absolute atomic E-state index is 13.2. The van der Waals surface area contributed by atoms with Gasteiger partial charge in [-0.2, -0.15) is 0 Å². The molecule has 20 heavy (non-hydrogen) atoms. The van der Waals surface area contributed by atoms with Crippen LogP contribution in [-0.4, -0.2) is 29.6 Å². The maximum atomic E-state index is 13.2. The number of anilines is 1. The molecule has 0 radical (unpaired) electrons. The molecule has 2 rings (SSSR count). The molecule has 0 aromatic heterocycles. The second-order valence-corrected chi connectivity index (χ2v) is 4.30. The lowest BCUT2D eigenvalue weighted by Crippen LogP contribution is -2.37. The average molecular weight is 276 g/mol. The lowest BCUT2D eigenvalue weighted by molar-refractivity contribution is -0.122. The van der Waals surface area contributed by atoms with Gasteiger partial charge >= 0.3 is 0 Å². The number of carbonyl (C=O) groups excluding carboxylic acids is 2. The predicted molar refractivity (Wildman–Crippen MR) is 70.2 cm³/mol. The van der Waals surface area contributed by atoms with Crippen LogP contribution < -0.4 is 10.6 Å². The zero-order valence-electron chi connectivity index (χ0n) is 10.6. The third kappa shape index (κ3) is 3.33. The summed E-state index contributed by atoms with van der Waals surface area (Å²) in [7, 11) is 0. The van der Waals surface area contributed by atoms with Gasteiger partial charge in [0.1, 0.15) is 18.5 Å². The van der Waals surface area contributed by atoms with Crippen LogP contribution in [-0.2, 0) is 9.59 Å². The molecule has 1 aromatic rings. The zero-order chi connectivity index (χ0) is 14.5. The minimum absolute atomic E-state index is 0.162. The van der Waals surface area contributed by atoms with Crippen molar-refractivity contribution in [2.24, 2.45) is 0 Å². The summed E-state index contributed by atoms with van der Waals surface area (Å²) in [6.07, 6.45) is 0.752. The number of aliphatic hydroxyl groups is 1. The zero-order valence-corrected chi connectivity index (χ0v) is 10.6. The van der Waals surface area contributed by atoms with Gasteiger partial charge in [-0.15, -0.1) is 0 Å². The summed E-state index contributed by atoms with van der Waals surface area (Å²) in [5.74, 6) is 3.95. The highest BCUT2D eigenvalue weighted by atomic mass is 19.1. The first kappa shape index (κ1) is 14.0. The van der Waals surface area contributed by atoms with Gasteiger partial charge in [-0.3, -0.25) is 9.59 Å². The van der Waals surface area contributed by atoms with Crippen molar-refractivity contribution in [3.63, 3.8) is 0 Å². The molecule has 6 heteroatoms. The van der Waals surface area contributed by atoms with Crippen molar-refractivity contribution in [2.75, 3.05) is 11.9 Å². The lowest BCUT2D eigenvalue weighted by atomic mass is 10.1. The molecule has 1 saturated heterocycles. The van der Waals surface area contributed by atoms with Crippen molar-refractivity contribution < 1.29 is 19.1 Å². The van der Waals surface area contributed by atoms with E-state index in [1.165, 1.54) is 18.2 Å². The lowest BCUT2D eigenvalue weighted by Gasteiger charge is -2.12. The monoisotopic (exact) mass is 276 g/mol. The van der Waals surface area contributed by atoms with Gasteiger partial charge in [0.2, 0.25) is 11.8 Å². The molecule has 0 aliphatic carbocycles. The Balaban J connectivity index is 2.16. The second kappa shape index (κ2) is 6.17. The Labute approximate surface area is 115 Å². The fourth-order valence-corrected chi connectivity index (χ4v) is 1.89. The summed E-state index contributed by atoms with van der Waals surface area (Å²) in [5.41, 5.74) is 0.621.